The molecule has 1 heterocycles. The second-order valence-corrected chi connectivity index (χ2v) is 3.26. The van der Waals surface area contributed by atoms with Crippen molar-refractivity contribution < 1.29 is 0 Å². The van der Waals surface area contributed by atoms with Gasteiger partial charge in [0.1, 0.15) is 0 Å². The molecule has 0 atom stereocenters. The predicted molar refractivity (Wildman–Crippen MR) is 40.3 cm³/mol. The summed E-state index contributed by atoms with van der Waals surface area (Å²) in [6.07, 6.45) is 0. The van der Waals surface area contributed by atoms with Crippen molar-refractivity contribution in [2.45, 2.75) is 26.3 Å². The molecule has 0 saturated heterocycles. The van der Waals surface area contributed by atoms with E-state index >= 15 is 0 Å². The second-order valence-electron chi connectivity index (χ2n) is 2.65. The van der Waals surface area contributed by atoms with Crippen molar-refractivity contribution in [1.29, 1.82) is 0 Å². The smallest absolute Gasteiger partial charge is 0.0985 e. The van der Waals surface area contributed by atoms with E-state index in [-0.39, 0.29) is 5.54 Å². The Morgan fingerprint density at radius 1 is 1.56 bits per heavy atom. The van der Waals surface area contributed by atoms with Crippen LogP contribution in [0.25, 0.3) is 0 Å². The van der Waals surface area contributed by atoms with E-state index in [0.717, 1.165) is 0 Å². The molecular weight excluding hydrogens is 132 g/mol. The minimum absolute atomic E-state index is 0.0642. The molecule has 1 rings (SSSR count). The van der Waals surface area contributed by atoms with E-state index in [2.05, 4.69) is 30.4 Å². The Bertz CT molecular complexity index is 170. The molecule has 50 valence electrons. The SMILES string of the molecule is CC1=CSN=NC1(C)C. The van der Waals surface area contributed by atoms with Crippen LogP contribution in [-0.4, -0.2) is 5.54 Å². The topological polar surface area (TPSA) is 24.7 Å². The van der Waals surface area contributed by atoms with E-state index in [1.54, 1.807) is 0 Å². The first-order chi connectivity index (χ1) is 4.13. The van der Waals surface area contributed by atoms with Crippen molar-refractivity contribution in [1.82, 2.24) is 0 Å². The zero-order valence-electron chi connectivity index (χ0n) is 5.88. The van der Waals surface area contributed by atoms with Crippen LogP contribution in [0.2, 0.25) is 0 Å². The van der Waals surface area contributed by atoms with Crippen LogP contribution in [-0.2, 0) is 0 Å². The Labute approximate surface area is 59.6 Å². The maximum Gasteiger partial charge on any atom is 0.0985 e. The predicted octanol–water partition coefficient (Wildman–Crippen LogP) is 2.78. The van der Waals surface area contributed by atoms with Gasteiger partial charge < -0.3 is 0 Å². The van der Waals surface area contributed by atoms with Gasteiger partial charge in [-0.05, 0) is 31.8 Å². The van der Waals surface area contributed by atoms with Crippen molar-refractivity contribution in [3.05, 3.63) is 11.0 Å². The lowest BCUT2D eigenvalue weighted by Gasteiger charge is -2.20. The van der Waals surface area contributed by atoms with Gasteiger partial charge in [-0.2, -0.15) is 5.11 Å². The molecule has 0 fully saturated rings. The van der Waals surface area contributed by atoms with Gasteiger partial charge in [-0.25, -0.2) is 0 Å². The Kier molecular flexibility index (Phi) is 1.62. The highest BCUT2D eigenvalue weighted by molar-refractivity contribution is 8.00. The molecule has 1 aliphatic heterocycles. The summed E-state index contributed by atoms with van der Waals surface area (Å²) >= 11 is 1.40. The fraction of sp³-hybridized carbons (Fsp3) is 0.667. The molecule has 0 unspecified atom stereocenters. The highest BCUT2D eigenvalue weighted by atomic mass is 32.2. The van der Waals surface area contributed by atoms with E-state index in [1.807, 2.05) is 5.41 Å². The Morgan fingerprint density at radius 3 is 2.56 bits per heavy atom. The molecule has 9 heavy (non-hydrogen) atoms. The van der Waals surface area contributed by atoms with Crippen LogP contribution in [0.4, 0.5) is 0 Å². The lowest BCUT2D eigenvalue weighted by atomic mass is 9.99. The zero-order valence-corrected chi connectivity index (χ0v) is 6.70. The highest BCUT2D eigenvalue weighted by Crippen LogP contribution is 2.29. The molecule has 2 nitrogen and oxygen atoms in total. The third-order valence-electron chi connectivity index (χ3n) is 1.53. The van der Waals surface area contributed by atoms with Crippen LogP contribution in [0.1, 0.15) is 20.8 Å². The summed E-state index contributed by atoms with van der Waals surface area (Å²) < 4.78 is 3.85. The fourth-order valence-electron chi connectivity index (χ4n) is 0.451. The van der Waals surface area contributed by atoms with Gasteiger partial charge in [-0.3, -0.25) is 0 Å². The first kappa shape index (κ1) is 6.81. The molecule has 0 saturated carbocycles. The van der Waals surface area contributed by atoms with Crippen LogP contribution < -0.4 is 0 Å². The lowest BCUT2D eigenvalue weighted by Crippen LogP contribution is -2.18. The van der Waals surface area contributed by atoms with Gasteiger partial charge in [0.05, 0.1) is 5.54 Å². The third-order valence-corrected chi connectivity index (χ3v) is 2.17. The van der Waals surface area contributed by atoms with Crippen LogP contribution >= 0.6 is 11.9 Å². The van der Waals surface area contributed by atoms with Crippen molar-refractivity contribution in [3.63, 3.8) is 0 Å². The van der Waals surface area contributed by atoms with E-state index in [4.69, 9.17) is 0 Å². The zero-order chi connectivity index (χ0) is 6.91. The summed E-state index contributed by atoms with van der Waals surface area (Å²) in [7, 11) is 0. The fourth-order valence-corrected chi connectivity index (χ4v) is 1.20. The molecule has 1 aliphatic rings. The van der Waals surface area contributed by atoms with Crippen molar-refractivity contribution in [2.75, 3.05) is 0 Å². The largest absolute Gasteiger partial charge is 0.171 e. The van der Waals surface area contributed by atoms with E-state index in [0.29, 0.717) is 0 Å². The summed E-state index contributed by atoms with van der Waals surface area (Å²) in [5, 5.41) is 6.10. The molecule has 3 heteroatoms. The summed E-state index contributed by atoms with van der Waals surface area (Å²) in [5.74, 6) is 0. The first-order valence-corrected chi connectivity index (χ1v) is 3.72. The van der Waals surface area contributed by atoms with Crippen molar-refractivity contribution in [2.24, 2.45) is 9.63 Å². The molecule has 0 N–H and O–H groups in total. The number of hydrogen-bond donors (Lipinski definition) is 0. The van der Waals surface area contributed by atoms with Crippen LogP contribution in [0.5, 0.6) is 0 Å². The number of hydrogen-bond acceptors (Lipinski definition) is 3. The maximum atomic E-state index is 4.06. The molecule has 0 amide bonds. The normalized spacial score (nSPS) is 23.7. The maximum absolute atomic E-state index is 4.06. The Hall–Kier alpha value is -0.310. The molecule has 0 aliphatic carbocycles. The van der Waals surface area contributed by atoms with Gasteiger partial charge in [0.15, 0.2) is 0 Å². The van der Waals surface area contributed by atoms with E-state index in [9.17, 15) is 0 Å². The molecule has 0 aromatic rings. The average molecular weight is 142 g/mol. The molecule has 0 bridgehead atoms. The van der Waals surface area contributed by atoms with Gasteiger partial charge in [-0.15, -0.1) is 4.52 Å². The minimum atomic E-state index is -0.0642. The van der Waals surface area contributed by atoms with Crippen LogP contribution in [0.15, 0.2) is 20.6 Å². The van der Waals surface area contributed by atoms with Crippen LogP contribution in [0.3, 0.4) is 0 Å². The third kappa shape index (κ3) is 1.33. The van der Waals surface area contributed by atoms with Gasteiger partial charge in [-0.1, -0.05) is 0 Å². The monoisotopic (exact) mass is 142 g/mol. The highest BCUT2D eigenvalue weighted by Gasteiger charge is 2.20. The van der Waals surface area contributed by atoms with Crippen LogP contribution in [0, 0.1) is 0 Å². The van der Waals surface area contributed by atoms with E-state index < -0.39 is 0 Å². The average Bonchev–Trinajstić information content (AvgIpc) is 1.77. The van der Waals surface area contributed by atoms with Gasteiger partial charge >= 0.3 is 0 Å². The second kappa shape index (κ2) is 2.14. The van der Waals surface area contributed by atoms with Gasteiger partial charge in [0.2, 0.25) is 0 Å². The molecule has 0 radical (unpaired) electrons. The Morgan fingerprint density at radius 2 is 2.22 bits per heavy atom. The Balaban J connectivity index is 2.83. The standard InChI is InChI=1S/C6H10N2S/c1-5-4-9-8-7-6(5,2)3/h4H,1-3H3. The van der Waals surface area contributed by atoms with E-state index in [1.165, 1.54) is 17.5 Å². The van der Waals surface area contributed by atoms with Gasteiger partial charge in [0.25, 0.3) is 0 Å². The van der Waals surface area contributed by atoms with Crippen molar-refractivity contribution in [3.8, 4) is 0 Å². The molecule has 0 aromatic heterocycles. The lowest BCUT2D eigenvalue weighted by molar-refractivity contribution is 0.586. The quantitative estimate of drug-likeness (QED) is 0.477. The summed E-state index contributed by atoms with van der Waals surface area (Å²) in [4.78, 5) is 0. The summed E-state index contributed by atoms with van der Waals surface area (Å²) in [5.41, 5.74) is 1.22. The summed E-state index contributed by atoms with van der Waals surface area (Å²) in [6, 6.07) is 0. The molecule has 0 spiro atoms. The van der Waals surface area contributed by atoms with Crippen molar-refractivity contribution >= 4 is 11.9 Å². The van der Waals surface area contributed by atoms with Gasteiger partial charge in [0, 0.05) is 11.9 Å². The molecular formula is C6H10N2S. The first-order valence-electron chi connectivity index (χ1n) is 2.88. The summed E-state index contributed by atoms with van der Waals surface area (Å²) in [6.45, 7) is 6.19. The number of rotatable bonds is 0. The minimum Gasteiger partial charge on any atom is -0.171 e. The molecule has 0 aromatic carbocycles. The number of nitrogens with zero attached hydrogens (tertiary/aromatic N) is 2.